The SMILES string of the molecule is COc1cc(Cl)c(C)cc1NC(=O)COC(=O)c1ccc(S(N)(=O)=O)o1. The van der Waals surface area contributed by atoms with Gasteiger partial charge in [0.05, 0.1) is 12.8 Å². The molecule has 9 nitrogen and oxygen atoms in total. The van der Waals surface area contributed by atoms with E-state index in [2.05, 4.69) is 5.32 Å². The monoisotopic (exact) mass is 402 g/mol. The van der Waals surface area contributed by atoms with Gasteiger partial charge in [-0.3, -0.25) is 4.79 Å². The lowest BCUT2D eigenvalue weighted by Crippen LogP contribution is -2.21. The minimum absolute atomic E-state index is 0.337. The van der Waals surface area contributed by atoms with Gasteiger partial charge in [-0.2, -0.15) is 0 Å². The number of hydrogen-bond acceptors (Lipinski definition) is 7. The van der Waals surface area contributed by atoms with Crippen LogP contribution in [0, 0.1) is 6.92 Å². The maximum Gasteiger partial charge on any atom is 0.374 e. The molecule has 0 saturated heterocycles. The normalized spacial score (nSPS) is 11.1. The number of hydrogen-bond donors (Lipinski definition) is 2. The van der Waals surface area contributed by atoms with Crippen molar-refractivity contribution in [3.8, 4) is 5.75 Å². The van der Waals surface area contributed by atoms with Gasteiger partial charge < -0.3 is 19.2 Å². The first-order chi connectivity index (χ1) is 12.1. The largest absolute Gasteiger partial charge is 0.495 e. The molecule has 1 heterocycles. The number of carbonyl (C=O) groups excluding carboxylic acids is 2. The van der Waals surface area contributed by atoms with E-state index >= 15 is 0 Å². The van der Waals surface area contributed by atoms with Gasteiger partial charge in [0.2, 0.25) is 10.9 Å². The van der Waals surface area contributed by atoms with Gasteiger partial charge in [-0.1, -0.05) is 11.6 Å². The van der Waals surface area contributed by atoms with E-state index in [1.54, 1.807) is 13.0 Å². The van der Waals surface area contributed by atoms with E-state index in [0.29, 0.717) is 22.0 Å². The Bertz CT molecular complexity index is 953. The number of nitrogens with two attached hydrogens (primary N) is 1. The zero-order chi connectivity index (χ0) is 19.5. The van der Waals surface area contributed by atoms with Crippen molar-refractivity contribution in [2.45, 2.75) is 12.0 Å². The highest BCUT2D eigenvalue weighted by atomic mass is 35.5. The summed E-state index contributed by atoms with van der Waals surface area (Å²) in [6.45, 7) is 1.12. The van der Waals surface area contributed by atoms with Crippen molar-refractivity contribution in [1.82, 2.24) is 0 Å². The van der Waals surface area contributed by atoms with Crippen LogP contribution in [0.15, 0.2) is 33.8 Å². The second-order valence-electron chi connectivity index (χ2n) is 5.09. The van der Waals surface area contributed by atoms with Crippen LogP contribution in [0.1, 0.15) is 16.1 Å². The number of amides is 1. The van der Waals surface area contributed by atoms with Gasteiger partial charge in [0.1, 0.15) is 5.75 Å². The van der Waals surface area contributed by atoms with E-state index in [1.165, 1.54) is 13.2 Å². The molecule has 2 rings (SSSR count). The predicted octanol–water partition coefficient (Wildman–Crippen LogP) is 1.69. The molecule has 0 bridgehead atoms. The quantitative estimate of drug-likeness (QED) is 0.701. The van der Waals surface area contributed by atoms with Crippen molar-refractivity contribution in [1.29, 1.82) is 0 Å². The average Bonchev–Trinajstić information content (AvgIpc) is 3.06. The summed E-state index contributed by atoms with van der Waals surface area (Å²) in [6.07, 6.45) is 0. The van der Waals surface area contributed by atoms with E-state index in [9.17, 15) is 18.0 Å². The number of rotatable bonds is 6. The number of aryl methyl sites for hydroxylation is 1. The highest BCUT2D eigenvalue weighted by Gasteiger charge is 2.19. The highest BCUT2D eigenvalue weighted by molar-refractivity contribution is 7.89. The van der Waals surface area contributed by atoms with Crippen molar-refractivity contribution < 1.29 is 31.9 Å². The molecule has 26 heavy (non-hydrogen) atoms. The van der Waals surface area contributed by atoms with Crippen molar-refractivity contribution in [2.24, 2.45) is 5.14 Å². The van der Waals surface area contributed by atoms with Gasteiger partial charge >= 0.3 is 5.97 Å². The summed E-state index contributed by atoms with van der Waals surface area (Å²) in [7, 11) is -2.67. The molecule has 0 aliphatic carbocycles. The molecule has 3 N–H and O–H groups in total. The Hall–Kier alpha value is -2.56. The van der Waals surface area contributed by atoms with E-state index in [1.807, 2.05) is 0 Å². The molecule has 0 spiro atoms. The topological polar surface area (TPSA) is 138 Å². The Labute approximate surface area is 154 Å². The molecule has 0 aliphatic rings. The number of benzene rings is 1. The zero-order valence-electron chi connectivity index (χ0n) is 13.7. The number of halogens is 1. The fourth-order valence-electron chi connectivity index (χ4n) is 1.90. The fourth-order valence-corrected chi connectivity index (χ4v) is 2.52. The second-order valence-corrected chi connectivity index (χ2v) is 6.99. The lowest BCUT2D eigenvalue weighted by Gasteiger charge is -2.12. The molecule has 1 aromatic heterocycles. The predicted molar refractivity (Wildman–Crippen MR) is 91.7 cm³/mol. The van der Waals surface area contributed by atoms with Crippen molar-refractivity contribution >= 4 is 39.2 Å². The maximum absolute atomic E-state index is 12.0. The van der Waals surface area contributed by atoms with Crippen LogP contribution in [0.2, 0.25) is 5.02 Å². The lowest BCUT2D eigenvalue weighted by molar-refractivity contribution is -0.119. The fraction of sp³-hybridized carbons (Fsp3) is 0.200. The third-order valence-corrected chi connectivity index (χ3v) is 4.34. The standard InChI is InChI=1S/C15H15ClN2O7S/c1-8-5-10(12(23-2)6-9(8)16)18-13(19)7-24-15(20)11-3-4-14(25-11)26(17,21)22/h3-6H,7H2,1-2H3,(H,18,19)(H2,17,21,22). The molecule has 1 aromatic carbocycles. The third kappa shape index (κ3) is 4.75. The van der Waals surface area contributed by atoms with Crippen molar-refractivity contribution in [2.75, 3.05) is 19.0 Å². The smallest absolute Gasteiger partial charge is 0.374 e. The summed E-state index contributed by atoms with van der Waals surface area (Å²) in [5, 5.41) is 7.27. The van der Waals surface area contributed by atoms with E-state index in [-0.39, 0.29) is 0 Å². The molecule has 0 atom stereocenters. The summed E-state index contributed by atoms with van der Waals surface area (Å²) in [4.78, 5) is 23.7. The molecule has 1 amide bonds. The molecule has 0 saturated carbocycles. The van der Waals surface area contributed by atoms with E-state index in [4.69, 9.17) is 30.6 Å². The van der Waals surface area contributed by atoms with E-state index in [0.717, 1.165) is 12.1 Å². The molecular formula is C15H15ClN2O7S. The summed E-state index contributed by atoms with van der Waals surface area (Å²) >= 11 is 5.98. The van der Waals surface area contributed by atoms with Crippen LogP contribution in [-0.4, -0.2) is 34.0 Å². The van der Waals surface area contributed by atoms with Crippen LogP contribution >= 0.6 is 11.6 Å². The van der Waals surface area contributed by atoms with E-state index < -0.39 is 39.4 Å². The van der Waals surface area contributed by atoms with Gasteiger partial charge in [-0.15, -0.1) is 0 Å². The molecule has 0 fully saturated rings. The van der Waals surface area contributed by atoms with Crippen LogP contribution in [0.4, 0.5) is 5.69 Å². The Morgan fingerprint density at radius 3 is 2.58 bits per heavy atom. The van der Waals surface area contributed by atoms with Crippen LogP contribution in [0.25, 0.3) is 0 Å². The van der Waals surface area contributed by atoms with Crippen LogP contribution < -0.4 is 15.2 Å². The molecular weight excluding hydrogens is 388 g/mol. The van der Waals surface area contributed by atoms with Crippen LogP contribution in [0.5, 0.6) is 5.75 Å². The Morgan fingerprint density at radius 2 is 2.00 bits per heavy atom. The molecule has 11 heteroatoms. The van der Waals surface area contributed by atoms with Crippen molar-refractivity contribution in [3.05, 3.63) is 40.6 Å². The molecule has 2 aromatic rings. The number of ether oxygens (including phenoxy) is 2. The average molecular weight is 403 g/mol. The van der Waals surface area contributed by atoms with Gasteiger partial charge in [0.25, 0.3) is 15.9 Å². The number of esters is 1. The third-order valence-electron chi connectivity index (χ3n) is 3.15. The number of primary sulfonamides is 1. The first-order valence-electron chi connectivity index (χ1n) is 7.05. The molecule has 0 aliphatic heterocycles. The summed E-state index contributed by atoms with van der Waals surface area (Å²) < 4.78 is 36.9. The zero-order valence-corrected chi connectivity index (χ0v) is 15.3. The summed E-state index contributed by atoms with van der Waals surface area (Å²) in [5.41, 5.74) is 1.07. The first-order valence-corrected chi connectivity index (χ1v) is 8.98. The number of methoxy groups -OCH3 is 1. The number of nitrogens with one attached hydrogen (secondary N) is 1. The van der Waals surface area contributed by atoms with Gasteiger partial charge in [-0.05, 0) is 30.7 Å². The maximum atomic E-state index is 12.0. The van der Waals surface area contributed by atoms with Gasteiger partial charge in [0, 0.05) is 11.1 Å². The van der Waals surface area contributed by atoms with Crippen LogP contribution in [-0.2, 0) is 19.6 Å². The summed E-state index contributed by atoms with van der Waals surface area (Å²) in [5.74, 6) is -1.73. The summed E-state index contributed by atoms with van der Waals surface area (Å²) in [6, 6.07) is 5.22. The van der Waals surface area contributed by atoms with Gasteiger partial charge in [-0.25, -0.2) is 18.4 Å². The number of sulfonamides is 1. The van der Waals surface area contributed by atoms with Crippen LogP contribution in [0.3, 0.4) is 0 Å². The number of carbonyl (C=O) groups is 2. The number of anilines is 1. The van der Waals surface area contributed by atoms with Crippen molar-refractivity contribution in [3.63, 3.8) is 0 Å². The minimum atomic E-state index is -4.08. The Kier molecular flexibility index (Phi) is 5.90. The molecule has 0 radical (unpaired) electrons. The minimum Gasteiger partial charge on any atom is -0.495 e. The Balaban J connectivity index is 2.00. The first kappa shape index (κ1) is 19.8. The highest BCUT2D eigenvalue weighted by Crippen LogP contribution is 2.30. The number of furan rings is 1. The van der Waals surface area contributed by atoms with Gasteiger partial charge in [0.15, 0.2) is 6.61 Å². The second kappa shape index (κ2) is 7.77. The lowest BCUT2D eigenvalue weighted by atomic mass is 10.2. The Morgan fingerprint density at radius 1 is 1.31 bits per heavy atom. The molecule has 140 valence electrons. The molecule has 0 unspecified atom stereocenters.